The number of halogens is 4. The molecule has 10 rings (SSSR count). The normalized spacial score (nSPS) is 22.6. The van der Waals surface area contributed by atoms with Gasteiger partial charge in [-0.1, -0.05) is 11.6 Å². The quantitative estimate of drug-likeness (QED) is 0.145. The largest absolute Gasteiger partial charge is 0.480 e. The molecule has 0 radical (unpaired) electrons. The number of nitrogens with one attached hydrogen (secondary N) is 3. The van der Waals surface area contributed by atoms with Gasteiger partial charge in [0.25, 0.3) is 5.56 Å². The minimum Gasteiger partial charge on any atom is -0.480 e. The summed E-state index contributed by atoms with van der Waals surface area (Å²) in [5.41, 5.74) is 2.93. The maximum atomic E-state index is 15.8. The van der Waals surface area contributed by atoms with Crippen LogP contribution in [-0.2, 0) is 23.7 Å². The fraction of sp³-hybridized carbons (Fsp3) is 0.500. The molecular formula is C44H48ClF3N10O4. The minimum atomic E-state index is -3.14. The molecule has 2 amide bonds. The molecule has 62 heavy (non-hydrogen) atoms. The third kappa shape index (κ3) is 7.50. The van der Waals surface area contributed by atoms with Crippen LogP contribution in [0.3, 0.4) is 0 Å². The van der Waals surface area contributed by atoms with E-state index in [4.69, 9.17) is 21.3 Å². The van der Waals surface area contributed by atoms with Crippen LogP contribution >= 0.6 is 11.6 Å². The molecule has 1 aliphatic carbocycles. The third-order valence-corrected chi connectivity index (χ3v) is 13.9. The Morgan fingerprint density at radius 3 is 2.47 bits per heavy atom. The van der Waals surface area contributed by atoms with Crippen LogP contribution < -0.4 is 31.1 Å². The number of fused-ring (bicyclic) bond motifs is 4. The summed E-state index contributed by atoms with van der Waals surface area (Å²) in [6, 6.07) is 7.63. The molecule has 7 heterocycles. The van der Waals surface area contributed by atoms with Crippen molar-refractivity contribution in [3.63, 3.8) is 0 Å². The van der Waals surface area contributed by atoms with Crippen LogP contribution in [0, 0.1) is 17.7 Å². The van der Waals surface area contributed by atoms with Gasteiger partial charge in [-0.05, 0) is 112 Å². The first-order chi connectivity index (χ1) is 29.8. The average molecular weight is 873 g/mol. The number of nitrogens with zero attached hydrogens (tertiary/aromatic N) is 7. The number of benzene rings is 2. The molecular weight excluding hydrogens is 825 g/mol. The summed E-state index contributed by atoms with van der Waals surface area (Å²) in [5.74, 6) is -3.48. The molecule has 3 aromatic heterocycles. The first-order valence-electron chi connectivity index (χ1n) is 21.5. The summed E-state index contributed by atoms with van der Waals surface area (Å²) in [4.78, 5) is 51.5. The number of ether oxygens (including phenoxy) is 1. The first-order valence-corrected chi connectivity index (χ1v) is 21.9. The Morgan fingerprint density at radius 2 is 1.73 bits per heavy atom. The highest BCUT2D eigenvalue weighted by Gasteiger charge is 2.51. The Morgan fingerprint density at radius 1 is 0.952 bits per heavy atom. The van der Waals surface area contributed by atoms with Gasteiger partial charge in [-0.3, -0.25) is 24.4 Å². The topological polar surface area (TPSA) is 152 Å². The zero-order valence-corrected chi connectivity index (χ0v) is 35.3. The Hall–Kier alpha value is -5.42. The van der Waals surface area contributed by atoms with Crippen LogP contribution in [0.2, 0.25) is 5.02 Å². The van der Waals surface area contributed by atoms with Crippen molar-refractivity contribution >= 4 is 68.4 Å². The monoisotopic (exact) mass is 872 g/mol. The predicted octanol–water partition coefficient (Wildman–Crippen LogP) is 6.59. The molecule has 1 unspecified atom stereocenters. The van der Waals surface area contributed by atoms with Crippen molar-refractivity contribution in [3.8, 4) is 5.75 Å². The minimum absolute atomic E-state index is 0.0768. The van der Waals surface area contributed by atoms with Gasteiger partial charge in [0.15, 0.2) is 12.4 Å². The number of piperidine rings is 3. The van der Waals surface area contributed by atoms with E-state index in [0.29, 0.717) is 75.2 Å². The molecule has 2 aromatic carbocycles. The van der Waals surface area contributed by atoms with Crippen LogP contribution in [-0.4, -0.2) is 92.3 Å². The second-order valence-electron chi connectivity index (χ2n) is 17.7. The Kier molecular flexibility index (Phi) is 10.3. The number of aryl methyl sites for hydroxylation is 2. The van der Waals surface area contributed by atoms with Crippen molar-refractivity contribution in [1.82, 2.24) is 34.5 Å². The highest BCUT2D eigenvalue weighted by atomic mass is 35.5. The molecule has 5 aliphatic rings. The number of alkyl halides is 2. The number of imide groups is 1. The number of rotatable bonds is 8. The molecule has 4 fully saturated rings. The summed E-state index contributed by atoms with van der Waals surface area (Å²) < 4.78 is 54.7. The molecule has 0 bridgehead atoms. The van der Waals surface area contributed by atoms with Crippen LogP contribution in [0.25, 0.3) is 21.8 Å². The van der Waals surface area contributed by atoms with Crippen LogP contribution in [0.15, 0.2) is 41.3 Å². The van der Waals surface area contributed by atoms with Crippen LogP contribution in [0.4, 0.5) is 36.3 Å². The second-order valence-corrected chi connectivity index (χ2v) is 18.1. The molecule has 1 saturated carbocycles. The maximum absolute atomic E-state index is 15.8. The number of carbonyl (C=O) groups is 2. The first kappa shape index (κ1) is 40.6. The van der Waals surface area contributed by atoms with Crippen molar-refractivity contribution in [3.05, 3.63) is 69.0 Å². The van der Waals surface area contributed by atoms with Gasteiger partial charge in [0.05, 0.1) is 40.6 Å². The van der Waals surface area contributed by atoms with Crippen molar-refractivity contribution in [2.75, 3.05) is 54.9 Å². The Balaban J connectivity index is 0.770. The number of pyridine rings is 1. The molecule has 326 valence electrons. The fourth-order valence-corrected chi connectivity index (χ4v) is 10.1. The smallest absolute Gasteiger partial charge is 0.301 e. The predicted molar refractivity (Wildman–Crippen MR) is 229 cm³/mol. The lowest BCUT2D eigenvalue weighted by Crippen LogP contribution is -2.44. The van der Waals surface area contributed by atoms with E-state index in [1.807, 2.05) is 6.07 Å². The molecule has 0 spiro atoms. The highest BCUT2D eigenvalue weighted by Crippen LogP contribution is 2.46. The summed E-state index contributed by atoms with van der Waals surface area (Å²) in [6.07, 6.45) is 7.15. The van der Waals surface area contributed by atoms with Crippen molar-refractivity contribution in [2.45, 2.75) is 75.2 Å². The number of aromatic nitrogens is 5. The standard InChI is InChI=1S/C44H48ClF3N10O4/c1-55-33-7-5-26(17-29(33)37-38(42(55)61)62-22-44(47,48)39(52-37)25-3-4-25)50-40-31(45)20-49-43(53-40)58-15-9-23(10-16-58)21-57-13-11-24(12-14-57)28-19-34-30(18-32(28)46)36(54-56(34)2)27-6-8-35(59)51-41(27)60/h5,7,17-20,23-25,27,39,52H,3-4,6,8-16,21-22H2,1-2H3,(H,49,50,53)(H,51,59,60)/t27?,39-/m0/s1. The summed E-state index contributed by atoms with van der Waals surface area (Å²) in [6.45, 7) is 3.38. The molecule has 3 saturated heterocycles. The molecule has 14 nitrogen and oxygen atoms in total. The number of amides is 2. The third-order valence-electron chi connectivity index (χ3n) is 13.6. The van der Waals surface area contributed by atoms with E-state index in [9.17, 15) is 14.4 Å². The van der Waals surface area contributed by atoms with Crippen molar-refractivity contribution in [1.29, 1.82) is 0 Å². The number of hydrogen-bond acceptors (Lipinski definition) is 11. The highest BCUT2D eigenvalue weighted by molar-refractivity contribution is 6.33. The van der Waals surface area contributed by atoms with E-state index >= 15 is 13.2 Å². The van der Waals surface area contributed by atoms with E-state index in [2.05, 4.69) is 35.8 Å². The van der Waals surface area contributed by atoms with Gasteiger partial charge in [-0.2, -0.15) is 10.1 Å². The summed E-state index contributed by atoms with van der Waals surface area (Å²) >= 11 is 6.62. The second kappa shape index (κ2) is 15.7. The van der Waals surface area contributed by atoms with Gasteiger partial charge < -0.3 is 29.7 Å². The van der Waals surface area contributed by atoms with Gasteiger partial charge in [-0.15, -0.1) is 0 Å². The van der Waals surface area contributed by atoms with E-state index in [0.717, 1.165) is 63.9 Å². The van der Waals surface area contributed by atoms with Gasteiger partial charge in [0, 0.05) is 56.6 Å². The molecule has 4 aliphatic heterocycles. The van der Waals surface area contributed by atoms with Crippen molar-refractivity contribution < 1.29 is 27.5 Å². The van der Waals surface area contributed by atoms with Crippen LogP contribution in [0.1, 0.15) is 74.5 Å². The molecule has 5 aromatic rings. The Labute approximate surface area is 360 Å². The number of hydrogen-bond donors (Lipinski definition) is 3. The van der Waals surface area contributed by atoms with E-state index in [1.54, 1.807) is 43.2 Å². The lowest BCUT2D eigenvalue weighted by atomic mass is 9.86. The van der Waals surface area contributed by atoms with Gasteiger partial charge in [0.1, 0.15) is 10.8 Å². The maximum Gasteiger partial charge on any atom is 0.301 e. The molecule has 3 N–H and O–H groups in total. The SMILES string of the molecule is Cn1nc(C2CCC(=O)NC2=O)c2cc(F)c(C3CCN(CC4CCN(c5ncc(Cl)c(Nc6ccc7c(c6)c6c(c(=O)n7C)OCC(F)(F)[C@H](C7CC7)N6)n5)CC4)CC3)cc21. The fourth-order valence-electron chi connectivity index (χ4n) is 9.97. The van der Waals surface area contributed by atoms with Gasteiger partial charge in [0.2, 0.25) is 23.5 Å². The van der Waals surface area contributed by atoms with Crippen LogP contribution in [0.5, 0.6) is 5.75 Å². The summed E-state index contributed by atoms with van der Waals surface area (Å²) in [7, 11) is 3.40. The average Bonchev–Trinajstić information content (AvgIpc) is 4.06. The zero-order valence-electron chi connectivity index (χ0n) is 34.5. The summed E-state index contributed by atoms with van der Waals surface area (Å²) in [5, 5.41) is 14.8. The molecule has 2 atom stereocenters. The molecule has 18 heteroatoms. The Bertz CT molecular complexity index is 2670. The lowest BCUT2D eigenvalue weighted by Gasteiger charge is -2.38. The zero-order chi connectivity index (χ0) is 43.0. The van der Waals surface area contributed by atoms with Crippen molar-refractivity contribution in [2.24, 2.45) is 25.9 Å². The van der Waals surface area contributed by atoms with Gasteiger partial charge >= 0.3 is 5.92 Å². The number of likely N-dealkylation sites (tertiary alicyclic amines) is 1. The van der Waals surface area contributed by atoms with E-state index in [-0.39, 0.29) is 47.3 Å². The van der Waals surface area contributed by atoms with Gasteiger partial charge in [-0.25, -0.2) is 18.2 Å². The van der Waals surface area contributed by atoms with E-state index in [1.165, 1.54) is 10.6 Å². The number of anilines is 4. The number of carbonyl (C=O) groups excluding carboxylic acids is 2. The van der Waals surface area contributed by atoms with E-state index < -0.39 is 30.0 Å². The lowest BCUT2D eigenvalue weighted by molar-refractivity contribution is -0.134.